The number of carbonyl (C=O) groups excluding carboxylic acids is 1. The van der Waals surface area contributed by atoms with Gasteiger partial charge in [-0.15, -0.1) is 0 Å². The van der Waals surface area contributed by atoms with Crippen molar-refractivity contribution in [2.75, 3.05) is 17.3 Å². The van der Waals surface area contributed by atoms with Gasteiger partial charge in [-0.3, -0.25) is 4.79 Å². The summed E-state index contributed by atoms with van der Waals surface area (Å²) in [5.74, 6) is 1.52. The molecule has 0 fully saturated rings. The maximum atomic E-state index is 12.0. The molecule has 0 aliphatic heterocycles. The normalized spacial score (nSPS) is 10.9. The Balaban J connectivity index is 2.61. The molecule has 19 heavy (non-hydrogen) atoms. The molecule has 1 amide bonds. The summed E-state index contributed by atoms with van der Waals surface area (Å²) in [7, 11) is 1.80. The second kappa shape index (κ2) is 7.12. The Kier molecular flexibility index (Phi) is 5.80. The molecule has 0 saturated heterocycles. The van der Waals surface area contributed by atoms with Crippen LogP contribution in [-0.2, 0) is 4.79 Å². The minimum Gasteiger partial charge on any atom is -0.368 e. The molecular formula is C15H25N3O. The lowest BCUT2D eigenvalue weighted by atomic mass is 10.1. The highest BCUT2D eigenvalue weighted by Crippen LogP contribution is 2.16. The molecule has 0 spiro atoms. The average Bonchev–Trinajstić information content (AvgIpc) is 2.35. The van der Waals surface area contributed by atoms with Crippen LogP contribution < -0.4 is 10.2 Å². The largest absolute Gasteiger partial charge is 0.368 e. The van der Waals surface area contributed by atoms with E-state index in [1.807, 2.05) is 12.1 Å². The van der Waals surface area contributed by atoms with Gasteiger partial charge in [-0.2, -0.15) is 0 Å². The fraction of sp³-hybridized carbons (Fsp3) is 0.600. The molecule has 1 aromatic rings. The zero-order chi connectivity index (χ0) is 14.4. The lowest BCUT2D eigenvalue weighted by Gasteiger charge is -2.18. The van der Waals surface area contributed by atoms with Crippen LogP contribution in [0.4, 0.5) is 11.5 Å². The quantitative estimate of drug-likeness (QED) is 0.856. The summed E-state index contributed by atoms with van der Waals surface area (Å²) in [5, 5.41) is 3.23. The van der Waals surface area contributed by atoms with Crippen LogP contribution >= 0.6 is 0 Å². The molecule has 0 aliphatic carbocycles. The number of pyridine rings is 1. The second-order valence-corrected chi connectivity index (χ2v) is 5.59. The Bertz CT molecular complexity index is 398. The minimum atomic E-state index is 0.139. The van der Waals surface area contributed by atoms with Crippen molar-refractivity contribution in [2.24, 2.45) is 5.92 Å². The van der Waals surface area contributed by atoms with E-state index in [1.165, 1.54) is 0 Å². The molecule has 1 rings (SSSR count). The Morgan fingerprint density at radius 1 is 1.32 bits per heavy atom. The van der Waals surface area contributed by atoms with Crippen LogP contribution in [0.3, 0.4) is 0 Å². The Labute approximate surface area is 116 Å². The number of amides is 1. The van der Waals surface area contributed by atoms with Crippen molar-refractivity contribution in [3.8, 4) is 0 Å². The van der Waals surface area contributed by atoms with E-state index in [0.29, 0.717) is 18.4 Å². The highest BCUT2D eigenvalue weighted by molar-refractivity contribution is 5.92. The van der Waals surface area contributed by atoms with Gasteiger partial charge in [0, 0.05) is 19.5 Å². The fourth-order valence-electron chi connectivity index (χ4n) is 1.69. The van der Waals surface area contributed by atoms with Gasteiger partial charge in [0.05, 0.1) is 11.9 Å². The highest BCUT2D eigenvalue weighted by atomic mass is 16.2. The number of rotatable bonds is 6. The van der Waals surface area contributed by atoms with Crippen molar-refractivity contribution in [1.82, 2.24) is 4.98 Å². The first-order valence-electron chi connectivity index (χ1n) is 6.89. The molecule has 1 aromatic heterocycles. The fourth-order valence-corrected chi connectivity index (χ4v) is 1.69. The summed E-state index contributed by atoms with van der Waals surface area (Å²) in [5.41, 5.74) is 0.836. The van der Waals surface area contributed by atoms with Crippen molar-refractivity contribution >= 4 is 17.4 Å². The monoisotopic (exact) mass is 263 g/mol. The van der Waals surface area contributed by atoms with Crippen molar-refractivity contribution in [1.29, 1.82) is 0 Å². The van der Waals surface area contributed by atoms with Crippen LogP contribution in [-0.4, -0.2) is 24.0 Å². The van der Waals surface area contributed by atoms with Crippen LogP contribution in [0.5, 0.6) is 0 Å². The molecule has 1 heterocycles. The zero-order valence-electron chi connectivity index (χ0n) is 12.6. The lowest BCUT2D eigenvalue weighted by molar-refractivity contribution is -0.118. The van der Waals surface area contributed by atoms with Gasteiger partial charge in [-0.25, -0.2) is 4.98 Å². The Morgan fingerprint density at radius 2 is 2.00 bits per heavy atom. The van der Waals surface area contributed by atoms with Gasteiger partial charge in [0.25, 0.3) is 0 Å². The van der Waals surface area contributed by atoms with Gasteiger partial charge < -0.3 is 10.2 Å². The van der Waals surface area contributed by atoms with E-state index in [-0.39, 0.29) is 5.91 Å². The van der Waals surface area contributed by atoms with E-state index in [0.717, 1.165) is 17.9 Å². The first-order chi connectivity index (χ1) is 8.90. The molecular weight excluding hydrogens is 238 g/mol. The number of hydrogen-bond acceptors (Lipinski definition) is 3. The SMILES string of the molecule is CC(C)CCC(=O)N(C)c1ccc(NC(C)C)nc1. The van der Waals surface area contributed by atoms with Gasteiger partial charge >= 0.3 is 0 Å². The van der Waals surface area contributed by atoms with Crippen molar-refractivity contribution in [2.45, 2.75) is 46.6 Å². The Hall–Kier alpha value is -1.58. The van der Waals surface area contributed by atoms with E-state index < -0.39 is 0 Å². The van der Waals surface area contributed by atoms with Crippen molar-refractivity contribution < 1.29 is 4.79 Å². The minimum absolute atomic E-state index is 0.139. The van der Waals surface area contributed by atoms with Crippen LogP contribution in [0.15, 0.2) is 18.3 Å². The van der Waals surface area contributed by atoms with E-state index in [9.17, 15) is 4.79 Å². The maximum absolute atomic E-state index is 12.0. The summed E-state index contributed by atoms with van der Waals surface area (Å²) in [4.78, 5) is 18.0. The molecule has 0 atom stereocenters. The summed E-state index contributed by atoms with van der Waals surface area (Å²) < 4.78 is 0. The number of hydrogen-bond donors (Lipinski definition) is 1. The van der Waals surface area contributed by atoms with Crippen LogP contribution in [0.2, 0.25) is 0 Å². The first kappa shape index (κ1) is 15.5. The predicted molar refractivity (Wildman–Crippen MR) is 80.5 cm³/mol. The predicted octanol–water partition coefficient (Wildman–Crippen LogP) is 3.30. The van der Waals surface area contributed by atoms with Crippen molar-refractivity contribution in [3.05, 3.63) is 18.3 Å². The molecule has 0 aliphatic rings. The van der Waals surface area contributed by atoms with E-state index >= 15 is 0 Å². The molecule has 0 aromatic carbocycles. The number of anilines is 2. The summed E-state index contributed by atoms with van der Waals surface area (Å²) >= 11 is 0. The third-order valence-corrected chi connectivity index (χ3v) is 2.88. The molecule has 4 heteroatoms. The maximum Gasteiger partial charge on any atom is 0.226 e. The molecule has 0 bridgehead atoms. The summed E-state index contributed by atoms with van der Waals surface area (Å²) in [6.07, 6.45) is 3.24. The van der Waals surface area contributed by atoms with Crippen LogP contribution in [0.1, 0.15) is 40.5 Å². The van der Waals surface area contributed by atoms with Gasteiger partial charge in [-0.05, 0) is 38.3 Å². The van der Waals surface area contributed by atoms with Gasteiger partial charge in [-0.1, -0.05) is 13.8 Å². The van der Waals surface area contributed by atoms with Gasteiger partial charge in [0.1, 0.15) is 5.82 Å². The third-order valence-electron chi connectivity index (χ3n) is 2.88. The smallest absolute Gasteiger partial charge is 0.226 e. The molecule has 1 N–H and O–H groups in total. The summed E-state index contributed by atoms with van der Waals surface area (Å²) in [6, 6.07) is 4.18. The van der Waals surface area contributed by atoms with Crippen molar-refractivity contribution in [3.63, 3.8) is 0 Å². The average molecular weight is 263 g/mol. The molecule has 106 valence electrons. The summed E-state index contributed by atoms with van der Waals surface area (Å²) in [6.45, 7) is 8.39. The van der Waals surface area contributed by atoms with E-state index in [2.05, 4.69) is 38.0 Å². The van der Waals surface area contributed by atoms with Crippen LogP contribution in [0.25, 0.3) is 0 Å². The Morgan fingerprint density at radius 3 is 2.47 bits per heavy atom. The third kappa shape index (κ3) is 5.28. The lowest BCUT2D eigenvalue weighted by Crippen LogP contribution is -2.26. The zero-order valence-corrected chi connectivity index (χ0v) is 12.6. The van der Waals surface area contributed by atoms with E-state index in [1.54, 1.807) is 18.1 Å². The number of aromatic nitrogens is 1. The number of nitrogens with zero attached hydrogens (tertiary/aromatic N) is 2. The first-order valence-corrected chi connectivity index (χ1v) is 6.89. The standard InChI is InChI=1S/C15H25N3O/c1-11(2)6-9-15(19)18(5)13-7-8-14(16-10-13)17-12(3)4/h7-8,10-12H,6,9H2,1-5H3,(H,16,17). The molecule has 0 radical (unpaired) electrons. The topological polar surface area (TPSA) is 45.2 Å². The molecule has 0 saturated carbocycles. The van der Waals surface area contributed by atoms with Gasteiger partial charge in [0.15, 0.2) is 0 Å². The van der Waals surface area contributed by atoms with Crippen LogP contribution in [0, 0.1) is 5.92 Å². The number of nitrogens with one attached hydrogen (secondary N) is 1. The van der Waals surface area contributed by atoms with Gasteiger partial charge in [0.2, 0.25) is 5.91 Å². The molecule has 4 nitrogen and oxygen atoms in total. The van der Waals surface area contributed by atoms with E-state index in [4.69, 9.17) is 0 Å². The molecule has 0 unspecified atom stereocenters. The second-order valence-electron chi connectivity index (χ2n) is 5.59. The number of carbonyl (C=O) groups is 1. The highest BCUT2D eigenvalue weighted by Gasteiger charge is 2.11.